The molecule has 1 amide bonds. The molecule has 0 aromatic carbocycles. The molecule has 6 nitrogen and oxygen atoms in total. The number of carbonyl (C=O) groups excluding carboxylic acids is 1. The lowest BCUT2D eigenvalue weighted by atomic mass is 9.95. The first-order valence-electron chi connectivity index (χ1n) is 5.07. The Kier molecular flexibility index (Phi) is 3.54. The van der Waals surface area contributed by atoms with Crippen molar-refractivity contribution in [3.8, 4) is 0 Å². The van der Waals surface area contributed by atoms with Gasteiger partial charge in [0.25, 0.3) is 5.91 Å². The van der Waals surface area contributed by atoms with E-state index in [4.69, 9.17) is 10.8 Å². The Balaban J connectivity index is 2.64. The van der Waals surface area contributed by atoms with Gasteiger partial charge in [-0.05, 0) is 6.92 Å². The van der Waals surface area contributed by atoms with Crippen molar-refractivity contribution in [3.63, 3.8) is 0 Å². The Morgan fingerprint density at radius 1 is 1.62 bits per heavy atom. The maximum absolute atomic E-state index is 11.7. The van der Waals surface area contributed by atoms with Crippen molar-refractivity contribution < 1.29 is 9.90 Å². The highest BCUT2D eigenvalue weighted by Gasteiger charge is 2.20. The van der Waals surface area contributed by atoms with Crippen molar-refractivity contribution in [1.29, 1.82) is 0 Å². The smallest absolute Gasteiger partial charge is 0.273 e. The van der Waals surface area contributed by atoms with Gasteiger partial charge in [-0.2, -0.15) is 5.10 Å². The highest BCUT2D eigenvalue weighted by molar-refractivity contribution is 5.97. The summed E-state index contributed by atoms with van der Waals surface area (Å²) in [6, 6.07) is 0. The van der Waals surface area contributed by atoms with E-state index >= 15 is 0 Å². The van der Waals surface area contributed by atoms with Crippen molar-refractivity contribution in [3.05, 3.63) is 11.4 Å². The van der Waals surface area contributed by atoms with Gasteiger partial charge in [0.15, 0.2) is 5.69 Å². The molecule has 1 heterocycles. The highest BCUT2D eigenvalue weighted by Crippen LogP contribution is 2.14. The lowest BCUT2D eigenvalue weighted by molar-refractivity contribution is 0.0907. The first-order chi connectivity index (χ1) is 7.37. The summed E-state index contributed by atoms with van der Waals surface area (Å²) < 4.78 is 0. The number of nitrogen functional groups attached to an aromatic ring is 1. The monoisotopic (exact) mass is 226 g/mol. The summed E-state index contributed by atoms with van der Waals surface area (Å²) in [4.78, 5) is 11.7. The second kappa shape index (κ2) is 4.52. The Hall–Kier alpha value is -1.56. The topological polar surface area (TPSA) is 104 Å². The van der Waals surface area contributed by atoms with Gasteiger partial charge >= 0.3 is 0 Å². The summed E-state index contributed by atoms with van der Waals surface area (Å²) in [6.07, 6.45) is 0. The fourth-order valence-corrected chi connectivity index (χ4v) is 1.07. The Morgan fingerprint density at radius 3 is 2.69 bits per heavy atom. The summed E-state index contributed by atoms with van der Waals surface area (Å²) in [5.74, 6) is -0.330. The van der Waals surface area contributed by atoms with E-state index in [0.29, 0.717) is 17.9 Å². The molecule has 1 rings (SSSR count). The normalized spacial score (nSPS) is 11.5. The molecule has 0 bridgehead atoms. The Labute approximate surface area is 94.2 Å². The molecule has 0 aliphatic carbocycles. The molecular weight excluding hydrogens is 208 g/mol. The predicted molar refractivity (Wildman–Crippen MR) is 60.9 cm³/mol. The fraction of sp³-hybridized carbons (Fsp3) is 0.600. The minimum Gasteiger partial charge on any atom is -0.396 e. The van der Waals surface area contributed by atoms with Gasteiger partial charge in [-0.25, -0.2) is 0 Å². The number of amides is 1. The average Bonchev–Trinajstić information content (AvgIpc) is 2.57. The highest BCUT2D eigenvalue weighted by atomic mass is 16.3. The van der Waals surface area contributed by atoms with Gasteiger partial charge in [-0.3, -0.25) is 9.89 Å². The van der Waals surface area contributed by atoms with Crippen LogP contribution in [0.1, 0.15) is 30.0 Å². The van der Waals surface area contributed by atoms with Crippen LogP contribution in [0.2, 0.25) is 0 Å². The zero-order valence-electron chi connectivity index (χ0n) is 9.79. The molecule has 0 spiro atoms. The number of H-pyrrole nitrogens is 1. The first-order valence-corrected chi connectivity index (χ1v) is 5.07. The lowest BCUT2D eigenvalue weighted by Crippen LogP contribution is -2.36. The van der Waals surface area contributed by atoms with Crippen LogP contribution in [0.4, 0.5) is 5.69 Å². The minimum absolute atomic E-state index is 0.00234. The number of aliphatic hydroxyl groups excluding tert-OH is 1. The number of aliphatic hydroxyl groups is 1. The SMILES string of the molecule is Cc1[nH]nc(C(=O)NCC(C)(C)CO)c1N. The number of anilines is 1. The van der Waals surface area contributed by atoms with Crippen LogP contribution in [0.5, 0.6) is 0 Å². The molecule has 0 fully saturated rings. The van der Waals surface area contributed by atoms with Crippen LogP contribution in [0.15, 0.2) is 0 Å². The zero-order valence-corrected chi connectivity index (χ0v) is 9.79. The van der Waals surface area contributed by atoms with Crippen molar-refractivity contribution in [2.24, 2.45) is 5.41 Å². The number of aryl methyl sites for hydroxylation is 1. The largest absolute Gasteiger partial charge is 0.396 e. The number of nitrogens with one attached hydrogen (secondary N) is 2. The van der Waals surface area contributed by atoms with Crippen LogP contribution in [0.3, 0.4) is 0 Å². The Morgan fingerprint density at radius 2 is 2.25 bits per heavy atom. The van der Waals surface area contributed by atoms with Crippen molar-refractivity contribution in [2.45, 2.75) is 20.8 Å². The molecule has 0 radical (unpaired) electrons. The summed E-state index contributed by atoms with van der Waals surface area (Å²) in [7, 11) is 0. The zero-order chi connectivity index (χ0) is 12.3. The van der Waals surface area contributed by atoms with E-state index in [1.54, 1.807) is 6.92 Å². The molecule has 0 aliphatic heterocycles. The van der Waals surface area contributed by atoms with Gasteiger partial charge in [-0.15, -0.1) is 0 Å². The summed E-state index contributed by atoms with van der Waals surface area (Å²) in [5, 5.41) is 18.2. The molecule has 0 saturated carbocycles. The molecule has 0 saturated heterocycles. The van der Waals surface area contributed by atoms with Gasteiger partial charge in [0.1, 0.15) is 0 Å². The molecular formula is C10H18N4O2. The quantitative estimate of drug-likeness (QED) is 0.582. The van der Waals surface area contributed by atoms with Crippen molar-refractivity contribution in [1.82, 2.24) is 15.5 Å². The molecule has 5 N–H and O–H groups in total. The summed E-state index contributed by atoms with van der Waals surface area (Å²) >= 11 is 0. The average molecular weight is 226 g/mol. The fourth-order valence-electron chi connectivity index (χ4n) is 1.07. The van der Waals surface area contributed by atoms with Crippen LogP contribution in [0, 0.1) is 12.3 Å². The number of aromatic nitrogens is 2. The third kappa shape index (κ3) is 2.73. The number of hydrogen-bond donors (Lipinski definition) is 4. The van der Waals surface area contributed by atoms with Crippen LogP contribution in [-0.2, 0) is 0 Å². The third-order valence-corrected chi connectivity index (χ3v) is 2.37. The number of nitrogens with two attached hydrogens (primary N) is 1. The molecule has 1 aromatic rings. The van der Waals surface area contributed by atoms with Gasteiger partial charge < -0.3 is 16.2 Å². The maximum atomic E-state index is 11.7. The van der Waals surface area contributed by atoms with Crippen LogP contribution in [0.25, 0.3) is 0 Å². The van der Waals surface area contributed by atoms with Crippen molar-refractivity contribution in [2.75, 3.05) is 18.9 Å². The van der Waals surface area contributed by atoms with E-state index in [1.165, 1.54) is 0 Å². The number of aromatic amines is 1. The predicted octanol–water partition coefficient (Wildman–Crippen LogP) is 0.0486. The second-order valence-electron chi connectivity index (χ2n) is 4.62. The van der Waals surface area contributed by atoms with E-state index in [9.17, 15) is 4.79 Å². The van der Waals surface area contributed by atoms with Crippen molar-refractivity contribution >= 4 is 11.6 Å². The maximum Gasteiger partial charge on any atom is 0.273 e. The Bertz CT molecular complexity index is 384. The summed E-state index contributed by atoms with van der Waals surface area (Å²) in [5.41, 5.74) is 6.55. The molecule has 1 aromatic heterocycles. The van der Waals surface area contributed by atoms with E-state index < -0.39 is 0 Å². The molecule has 6 heteroatoms. The number of nitrogens with zero attached hydrogens (tertiary/aromatic N) is 1. The van der Waals surface area contributed by atoms with Crippen LogP contribution >= 0.6 is 0 Å². The van der Waals surface area contributed by atoms with E-state index in [-0.39, 0.29) is 23.6 Å². The van der Waals surface area contributed by atoms with Crippen LogP contribution in [-0.4, -0.2) is 34.4 Å². The second-order valence-corrected chi connectivity index (χ2v) is 4.62. The summed E-state index contributed by atoms with van der Waals surface area (Å²) in [6.45, 7) is 5.83. The van der Waals surface area contributed by atoms with E-state index in [0.717, 1.165) is 0 Å². The molecule has 0 unspecified atom stereocenters. The molecule has 90 valence electrons. The van der Waals surface area contributed by atoms with Gasteiger partial charge in [0, 0.05) is 18.6 Å². The third-order valence-electron chi connectivity index (χ3n) is 2.37. The standard InChI is InChI=1S/C10H18N4O2/c1-6-7(11)8(14-13-6)9(16)12-4-10(2,3)5-15/h15H,4-5,11H2,1-3H3,(H,12,16)(H,13,14). The molecule has 0 atom stereocenters. The van der Waals surface area contributed by atoms with E-state index in [2.05, 4.69) is 15.5 Å². The van der Waals surface area contributed by atoms with E-state index in [1.807, 2.05) is 13.8 Å². The van der Waals surface area contributed by atoms with Gasteiger partial charge in [-0.1, -0.05) is 13.8 Å². The van der Waals surface area contributed by atoms with Gasteiger partial charge in [0.2, 0.25) is 0 Å². The number of carbonyl (C=O) groups is 1. The van der Waals surface area contributed by atoms with Crippen LogP contribution < -0.4 is 11.1 Å². The van der Waals surface area contributed by atoms with Gasteiger partial charge in [0.05, 0.1) is 11.4 Å². The number of rotatable bonds is 4. The lowest BCUT2D eigenvalue weighted by Gasteiger charge is -2.21. The number of hydrogen-bond acceptors (Lipinski definition) is 4. The first kappa shape index (κ1) is 12.5. The molecule has 0 aliphatic rings. The molecule has 16 heavy (non-hydrogen) atoms. The minimum atomic E-state index is -0.351.